The number of piperidine rings is 1. The summed E-state index contributed by atoms with van der Waals surface area (Å²) >= 11 is 3.37. The highest BCUT2D eigenvalue weighted by molar-refractivity contribution is 9.10. The first-order valence-electron chi connectivity index (χ1n) is 7.32. The maximum Gasteiger partial charge on any atom is 0.338 e. The fraction of sp³-hybridized carbons (Fsp3) is 0.588. The summed E-state index contributed by atoms with van der Waals surface area (Å²) in [4.78, 5) is 14.7. The van der Waals surface area contributed by atoms with Gasteiger partial charge in [-0.3, -0.25) is 4.90 Å². The molecule has 1 fully saturated rings. The van der Waals surface area contributed by atoms with E-state index in [0.717, 1.165) is 17.3 Å². The SMILES string of the molecule is CN1C(C)(C)CC(OC(=O)c2ccc(Br)cc2)CC1(C)C. The van der Waals surface area contributed by atoms with Crippen LogP contribution in [0.25, 0.3) is 0 Å². The second-order valence-corrected chi connectivity index (χ2v) is 8.04. The van der Waals surface area contributed by atoms with Crippen LogP contribution in [0.1, 0.15) is 50.9 Å². The fourth-order valence-electron chi connectivity index (χ4n) is 3.17. The van der Waals surface area contributed by atoms with Crippen LogP contribution < -0.4 is 0 Å². The molecule has 1 aromatic carbocycles. The standard InChI is InChI=1S/C17H24BrNO2/c1-16(2)10-14(11-17(3,4)19(16)5)21-15(20)12-6-8-13(18)9-7-12/h6-9,14H,10-11H2,1-5H3. The Balaban J connectivity index is 2.09. The summed E-state index contributed by atoms with van der Waals surface area (Å²) in [5.41, 5.74) is 0.645. The maximum atomic E-state index is 12.3. The minimum absolute atomic E-state index is 0.0203. The molecule has 0 amide bonds. The predicted molar refractivity (Wildman–Crippen MR) is 88.5 cm³/mol. The Morgan fingerprint density at radius 1 is 1.14 bits per heavy atom. The average Bonchev–Trinajstić information content (AvgIpc) is 2.36. The minimum Gasteiger partial charge on any atom is -0.459 e. The van der Waals surface area contributed by atoms with Crippen LogP contribution in [0, 0.1) is 0 Å². The van der Waals surface area contributed by atoms with Gasteiger partial charge in [-0.15, -0.1) is 0 Å². The second kappa shape index (κ2) is 5.73. The van der Waals surface area contributed by atoms with Crippen molar-refractivity contribution >= 4 is 21.9 Å². The molecule has 0 aromatic heterocycles. The number of carbonyl (C=O) groups excluding carboxylic acids is 1. The van der Waals surface area contributed by atoms with Crippen LogP contribution >= 0.6 is 15.9 Å². The molecule has 0 saturated carbocycles. The predicted octanol–water partition coefficient (Wildman–Crippen LogP) is 4.26. The first-order valence-corrected chi connectivity index (χ1v) is 8.12. The van der Waals surface area contributed by atoms with Crippen molar-refractivity contribution in [3.8, 4) is 0 Å². The summed E-state index contributed by atoms with van der Waals surface area (Å²) in [5.74, 6) is -0.233. The van der Waals surface area contributed by atoms with Crippen molar-refractivity contribution in [3.05, 3.63) is 34.3 Å². The quantitative estimate of drug-likeness (QED) is 0.744. The molecule has 1 aliphatic rings. The number of likely N-dealkylation sites (tertiary alicyclic amines) is 1. The lowest BCUT2D eigenvalue weighted by atomic mass is 9.79. The van der Waals surface area contributed by atoms with Crippen LogP contribution in [0.15, 0.2) is 28.7 Å². The Kier molecular flexibility index (Phi) is 4.50. The number of hydrogen-bond donors (Lipinski definition) is 0. The summed E-state index contributed by atoms with van der Waals surface area (Å²) in [6.07, 6.45) is 1.67. The van der Waals surface area contributed by atoms with Gasteiger partial charge in [-0.2, -0.15) is 0 Å². The summed E-state index contributed by atoms with van der Waals surface area (Å²) in [6, 6.07) is 7.30. The van der Waals surface area contributed by atoms with E-state index < -0.39 is 0 Å². The van der Waals surface area contributed by atoms with Gasteiger partial charge in [-0.1, -0.05) is 15.9 Å². The first-order chi connectivity index (χ1) is 9.62. The van der Waals surface area contributed by atoms with Crippen LogP contribution in [0.3, 0.4) is 0 Å². The third-order valence-corrected chi connectivity index (χ3v) is 5.15. The van der Waals surface area contributed by atoms with E-state index >= 15 is 0 Å². The second-order valence-electron chi connectivity index (χ2n) is 7.13. The molecule has 0 aliphatic carbocycles. The molecule has 0 radical (unpaired) electrons. The number of esters is 1. The van der Waals surface area contributed by atoms with E-state index in [-0.39, 0.29) is 23.2 Å². The van der Waals surface area contributed by atoms with Gasteiger partial charge in [-0.25, -0.2) is 4.79 Å². The van der Waals surface area contributed by atoms with Gasteiger partial charge in [0.05, 0.1) is 5.56 Å². The van der Waals surface area contributed by atoms with Crippen LogP contribution in [0.4, 0.5) is 0 Å². The van der Waals surface area contributed by atoms with E-state index in [4.69, 9.17) is 4.74 Å². The molecule has 1 aliphatic heterocycles. The van der Waals surface area contributed by atoms with Crippen LogP contribution in [0.2, 0.25) is 0 Å². The van der Waals surface area contributed by atoms with Gasteiger partial charge in [0, 0.05) is 28.4 Å². The van der Waals surface area contributed by atoms with Crippen molar-refractivity contribution in [2.45, 2.75) is 57.7 Å². The average molecular weight is 354 g/mol. The molecule has 21 heavy (non-hydrogen) atoms. The van der Waals surface area contributed by atoms with Gasteiger partial charge in [0.1, 0.15) is 6.10 Å². The molecule has 1 heterocycles. The molecule has 1 saturated heterocycles. The zero-order valence-electron chi connectivity index (χ0n) is 13.4. The Bertz CT molecular complexity index is 504. The summed E-state index contributed by atoms with van der Waals surface area (Å²) in [7, 11) is 2.15. The highest BCUT2D eigenvalue weighted by Crippen LogP contribution is 2.38. The first kappa shape index (κ1) is 16.5. The van der Waals surface area contributed by atoms with E-state index in [1.807, 2.05) is 12.1 Å². The maximum absolute atomic E-state index is 12.3. The highest BCUT2D eigenvalue weighted by atomic mass is 79.9. The Hall–Kier alpha value is -0.870. The van der Waals surface area contributed by atoms with E-state index in [0.29, 0.717) is 5.56 Å². The van der Waals surface area contributed by atoms with E-state index in [1.165, 1.54) is 0 Å². The number of benzene rings is 1. The highest BCUT2D eigenvalue weighted by Gasteiger charge is 2.44. The molecule has 1 aromatic rings. The van der Waals surface area contributed by atoms with E-state index in [9.17, 15) is 4.79 Å². The summed E-state index contributed by atoms with van der Waals surface area (Å²) in [5, 5.41) is 0. The molecule has 0 bridgehead atoms. The van der Waals surface area contributed by atoms with Crippen LogP contribution in [-0.4, -0.2) is 35.1 Å². The van der Waals surface area contributed by atoms with Crippen molar-refractivity contribution in [3.63, 3.8) is 0 Å². The molecule has 0 N–H and O–H groups in total. The fourth-order valence-corrected chi connectivity index (χ4v) is 3.43. The molecule has 0 atom stereocenters. The Morgan fingerprint density at radius 3 is 2.10 bits per heavy atom. The van der Waals surface area contributed by atoms with Crippen LogP contribution in [-0.2, 0) is 4.74 Å². The van der Waals surface area contributed by atoms with E-state index in [1.54, 1.807) is 12.1 Å². The molecular formula is C17H24BrNO2. The Labute approximate surface area is 135 Å². The van der Waals surface area contributed by atoms with Gasteiger partial charge in [0.25, 0.3) is 0 Å². The van der Waals surface area contributed by atoms with Gasteiger partial charge in [-0.05, 0) is 59.0 Å². The van der Waals surface area contributed by atoms with Crippen LogP contribution in [0.5, 0.6) is 0 Å². The third-order valence-electron chi connectivity index (χ3n) is 4.62. The molecular weight excluding hydrogens is 330 g/mol. The normalized spacial score (nSPS) is 22.0. The van der Waals surface area contributed by atoms with Crippen molar-refractivity contribution in [1.82, 2.24) is 4.90 Å². The van der Waals surface area contributed by atoms with Gasteiger partial charge in [0.2, 0.25) is 0 Å². The molecule has 0 spiro atoms. The summed E-state index contributed by atoms with van der Waals surface area (Å²) in [6.45, 7) is 8.81. The number of carbonyl (C=O) groups is 1. The smallest absolute Gasteiger partial charge is 0.338 e. The minimum atomic E-state index is -0.233. The number of hydrogen-bond acceptors (Lipinski definition) is 3. The zero-order chi connectivity index (χ0) is 15.8. The Morgan fingerprint density at radius 2 is 1.62 bits per heavy atom. The monoisotopic (exact) mass is 353 g/mol. The lowest BCUT2D eigenvalue weighted by Gasteiger charge is -2.53. The lowest BCUT2D eigenvalue weighted by molar-refractivity contribution is -0.0732. The topological polar surface area (TPSA) is 29.5 Å². The molecule has 116 valence electrons. The van der Waals surface area contributed by atoms with E-state index in [2.05, 4.69) is 55.6 Å². The number of halogens is 1. The van der Waals surface area contributed by atoms with Gasteiger partial charge < -0.3 is 4.74 Å². The molecule has 2 rings (SSSR count). The van der Waals surface area contributed by atoms with Crippen molar-refractivity contribution in [1.29, 1.82) is 0 Å². The van der Waals surface area contributed by atoms with Gasteiger partial charge in [0.15, 0.2) is 0 Å². The van der Waals surface area contributed by atoms with Crippen molar-refractivity contribution in [2.75, 3.05) is 7.05 Å². The summed E-state index contributed by atoms with van der Waals surface area (Å²) < 4.78 is 6.71. The number of rotatable bonds is 2. The number of ether oxygens (including phenoxy) is 1. The van der Waals surface area contributed by atoms with Crippen molar-refractivity contribution < 1.29 is 9.53 Å². The largest absolute Gasteiger partial charge is 0.459 e. The zero-order valence-corrected chi connectivity index (χ0v) is 15.0. The lowest BCUT2D eigenvalue weighted by Crippen LogP contribution is -2.60. The van der Waals surface area contributed by atoms with Crippen molar-refractivity contribution in [2.24, 2.45) is 0 Å². The molecule has 0 unspecified atom stereocenters. The molecule has 4 heteroatoms. The third kappa shape index (κ3) is 3.67. The number of nitrogens with zero attached hydrogens (tertiary/aromatic N) is 1. The van der Waals surface area contributed by atoms with Gasteiger partial charge >= 0.3 is 5.97 Å². The molecule has 3 nitrogen and oxygen atoms in total.